The summed E-state index contributed by atoms with van der Waals surface area (Å²) in [7, 11) is 1.44. The molecule has 7 aromatic rings. The third kappa shape index (κ3) is 13.9. The number of rotatable bonds is 5. The summed E-state index contributed by atoms with van der Waals surface area (Å²) >= 11 is 40.0. The molecule has 22 heteroatoms. The molecule has 0 radical (unpaired) electrons. The molecular weight excluding hydrogens is 941 g/mol. The molecular formula is C38H23Cl7F4N8O3. The molecule has 0 bridgehead atoms. The number of hydrogen-bond donors (Lipinski definition) is 4. The summed E-state index contributed by atoms with van der Waals surface area (Å²) in [6.07, 6.45) is 0. The lowest BCUT2D eigenvalue weighted by Gasteiger charge is -2.05. The maximum Gasteiger partial charge on any atom is 0.254 e. The van der Waals surface area contributed by atoms with Crippen molar-refractivity contribution >= 4 is 87.0 Å². The quantitative estimate of drug-likeness (QED) is 0.0566. The van der Waals surface area contributed by atoms with Crippen LogP contribution in [0.5, 0.6) is 11.8 Å². The van der Waals surface area contributed by atoms with Gasteiger partial charge in [-0.2, -0.15) is 9.97 Å². The Morgan fingerprint density at radius 3 is 1.47 bits per heavy atom. The van der Waals surface area contributed by atoms with Gasteiger partial charge in [0.05, 0.1) is 35.4 Å². The Balaban J connectivity index is 0.000000178. The average molecular weight is 964 g/mol. The van der Waals surface area contributed by atoms with E-state index in [0.717, 1.165) is 12.1 Å². The zero-order chi connectivity index (χ0) is 44.3. The third-order valence-electron chi connectivity index (χ3n) is 7.01. The fourth-order valence-corrected chi connectivity index (χ4v) is 5.71. The van der Waals surface area contributed by atoms with Crippen molar-refractivity contribution in [3.05, 3.63) is 166 Å². The zero-order valence-corrected chi connectivity index (χ0v) is 35.2. The number of H-pyrrole nitrogens is 1. The minimum Gasteiger partial charge on any atom is -0.493 e. The van der Waals surface area contributed by atoms with Crippen molar-refractivity contribution in [2.24, 2.45) is 5.73 Å². The Morgan fingerprint density at radius 2 is 1.02 bits per heavy atom. The molecule has 0 aliphatic rings. The molecule has 60 heavy (non-hydrogen) atoms. The molecule has 7 rings (SSSR count). The summed E-state index contributed by atoms with van der Waals surface area (Å²) < 4.78 is 58.2. The minimum absolute atomic E-state index is 0.0282. The van der Waals surface area contributed by atoms with Crippen molar-refractivity contribution in [3.63, 3.8) is 0 Å². The summed E-state index contributed by atoms with van der Waals surface area (Å²) in [5.74, 6) is -2.42. The second-order valence-corrected chi connectivity index (χ2v) is 14.2. The van der Waals surface area contributed by atoms with Crippen molar-refractivity contribution < 1.29 is 27.4 Å². The van der Waals surface area contributed by atoms with Crippen LogP contribution < -0.4 is 16.0 Å². The molecule has 0 aliphatic heterocycles. The first-order valence-corrected chi connectivity index (χ1v) is 18.7. The Bertz CT molecular complexity index is 2710. The summed E-state index contributed by atoms with van der Waals surface area (Å²) in [5, 5.41) is 18.0. The van der Waals surface area contributed by atoms with Gasteiger partial charge in [-0.05, 0) is 72.8 Å². The molecule has 0 spiro atoms. The van der Waals surface area contributed by atoms with Gasteiger partial charge in [0.2, 0.25) is 11.8 Å². The zero-order valence-electron chi connectivity index (χ0n) is 29.9. The SMILES string of the molecule is COc1cc(Cl)nc(-c2cc(Cl)ccc2F)n1.Fc1ccc(Cl)cc1-c1nc(Cl)cc(Cl)n1.N=C(N)c1cc(Cl)ccc1F.O=c1cc(O)nc(-c2cc(Cl)ccc2F)[nH]1. The number of halogens is 11. The number of nitrogens with two attached hydrogens (primary N) is 1. The minimum atomic E-state index is -0.585. The van der Waals surface area contributed by atoms with E-state index in [0.29, 0.717) is 20.1 Å². The number of benzene rings is 4. The monoisotopic (exact) mass is 960 g/mol. The maximum absolute atomic E-state index is 13.6. The Kier molecular flexibility index (Phi) is 17.3. The number of amidine groups is 1. The summed E-state index contributed by atoms with van der Waals surface area (Å²) in [6, 6.07) is 19.7. The summed E-state index contributed by atoms with van der Waals surface area (Å²) in [5.41, 5.74) is 4.91. The molecule has 0 unspecified atom stereocenters. The fraction of sp³-hybridized carbons (Fsp3) is 0.0263. The summed E-state index contributed by atoms with van der Waals surface area (Å²) in [4.78, 5) is 32.7. The number of nitrogens with one attached hydrogen (secondary N) is 2. The van der Waals surface area contributed by atoms with E-state index in [1.54, 1.807) is 0 Å². The highest BCUT2D eigenvalue weighted by atomic mass is 35.5. The molecule has 3 heterocycles. The van der Waals surface area contributed by atoms with Crippen LogP contribution >= 0.6 is 81.2 Å². The van der Waals surface area contributed by atoms with E-state index in [2.05, 4.69) is 29.9 Å². The van der Waals surface area contributed by atoms with Gasteiger partial charge in [-0.3, -0.25) is 10.2 Å². The van der Waals surface area contributed by atoms with Crippen molar-refractivity contribution in [2.75, 3.05) is 7.11 Å². The van der Waals surface area contributed by atoms with Crippen LogP contribution in [-0.4, -0.2) is 48.0 Å². The Labute approximate surface area is 372 Å². The number of hydrogen-bond acceptors (Lipinski definition) is 9. The van der Waals surface area contributed by atoms with Crippen LogP contribution in [0.2, 0.25) is 35.5 Å². The first kappa shape index (κ1) is 47.4. The van der Waals surface area contributed by atoms with Gasteiger partial charge in [-0.25, -0.2) is 32.5 Å². The molecule has 0 aliphatic carbocycles. The van der Waals surface area contributed by atoms with E-state index in [1.807, 2.05) is 0 Å². The van der Waals surface area contributed by atoms with E-state index in [9.17, 15) is 22.4 Å². The van der Waals surface area contributed by atoms with Crippen molar-refractivity contribution in [1.29, 1.82) is 5.41 Å². The van der Waals surface area contributed by atoms with E-state index < -0.39 is 34.7 Å². The predicted molar refractivity (Wildman–Crippen MR) is 226 cm³/mol. The predicted octanol–water partition coefficient (Wildman–Crippen LogP) is 11.5. The Morgan fingerprint density at radius 1 is 0.600 bits per heavy atom. The first-order valence-electron chi connectivity index (χ1n) is 16.1. The highest BCUT2D eigenvalue weighted by Gasteiger charge is 2.13. The van der Waals surface area contributed by atoms with Crippen LogP contribution in [0.1, 0.15) is 5.56 Å². The first-order chi connectivity index (χ1) is 28.3. The number of aromatic hydroxyl groups is 1. The topological polar surface area (TPSA) is 177 Å². The van der Waals surface area contributed by atoms with Gasteiger partial charge in [0.1, 0.15) is 50.4 Å². The van der Waals surface area contributed by atoms with E-state index in [4.69, 9.17) is 102 Å². The highest BCUT2D eigenvalue weighted by molar-refractivity contribution is 6.33. The van der Waals surface area contributed by atoms with Gasteiger partial charge >= 0.3 is 0 Å². The normalized spacial score (nSPS) is 10.3. The molecule has 3 aromatic heterocycles. The molecule has 0 saturated heterocycles. The molecule has 4 aromatic carbocycles. The number of methoxy groups -OCH3 is 1. The van der Waals surface area contributed by atoms with Crippen LogP contribution in [0.3, 0.4) is 0 Å². The van der Waals surface area contributed by atoms with E-state index in [1.165, 1.54) is 86.0 Å². The number of aromatic nitrogens is 6. The number of aromatic amines is 1. The molecule has 0 atom stereocenters. The van der Waals surface area contributed by atoms with Crippen LogP contribution in [0, 0.1) is 28.7 Å². The third-order valence-corrected chi connectivity index (χ3v) is 8.53. The highest BCUT2D eigenvalue weighted by Crippen LogP contribution is 2.28. The lowest BCUT2D eigenvalue weighted by molar-refractivity contribution is 0.397. The largest absolute Gasteiger partial charge is 0.493 e. The maximum atomic E-state index is 13.6. The molecule has 0 fully saturated rings. The summed E-state index contributed by atoms with van der Waals surface area (Å²) in [6.45, 7) is 0. The van der Waals surface area contributed by atoms with Crippen molar-refractivity contribution in [3.8, 4) is 45.9 Å². The van der Waals surface area contributed by atoms with Gasteiger partial charge < -0.3 is 20.6 Å². The van der Waals surface area contributed by atoms with Crippen LogP contribution in [-0.2, 0) is 0 Å². The molecule has 310 valence electrons. The Hall–Kier alpha value is -5.26. The standard InChI is InChI=1S/C11H7Cl2FN2O.C10H4Cl3FN2.C10H6ClFN2O2.C7H6ClFN2/c1-17-10-5-9(13)15-11(16-10)7-4-6(12)2-3-8(7)14;11-5-1-2-7(14)6(3-5)10-15-8(12)4-9(13)16-10;11-5-1-2-7(12)6(3-5)10-13-8(15)4-9(16)14-10;8-4-1-2-6(9)5(3-4)7(10)11/h2-5H,1H3;1-4H;1-4H,(H2,13,14,15,16);1-3H,(H3,10,11). The van der Waals surface area contributed by atoms with Crippen LogP contribution in [0.4, 0.5) is 17.6 Å². The molecule has 0 saturated carbocycles. The number of nitrogen functional groups attached to an aromatic ring is 1. The fourth-order valence-electron chi connectivity index (χ4n) is 4.43. The van der Waals surface area contributed by atoms with Crippen LogP contribution in [0.15, 0.2) is 95.8 Å². The lowest BCUT2D eigenvalue weighted by Crippen LogP contribution is -2.12. The van der Waals surface area contributed by atoms with Gasteiger partial charge in [-0.15, -0.1) is 0 Å². The molecule has 11 nitrogen and oxygen atoms in total. The second-order valence-electron chi connectivity index (χ2n) is 11.3. The van der Waals surface area contributed by atoms with E-state index in [-0.39, 0.29) is 66.9 Å². The van der Waals surface area contributed by atoms with Crippen molar-refractivity contribution in [2.45, 2.75) is 0 Å². The lowest BCUT2D eigenvalue weighted by atomic mass is 10.2. The molecule has 5 N–H and O–H groups in total. The van der Waals surface area contributed by atoms with Gasteiger partial charge in [0, 0.05) is 32.2 Å². The number of ether oxygens (including phenoxy) is 1. The smallest absolute Gasteiger partial charge is 0.254 e. The van der Waals surface area contributed by atoms with Crippen molar-refractivity contribution in [1.82, 2.24) is 29.9 Å². The van der Waals surface area contributed by atoms with Crippen LogP contribution in [0.25, 0.3) is 34.2 Å². The average Bonchev–Trinajstić information content (AvgIpc) is 3.18. The van der Waals surface area contributed by atoms with E-state index >= 15 is 0 Å². The molecule has 0 amide bonds. The second kappa shape index (κ2) is 21.8. The number of nitrogens with zero attached hydrogens (tertiary/aromatic N) is 5. The van der Waals surface area contributed by atoms with Gasteiger partial charge in [0.25, 0.3) is 5.56 Å². The van der Waals surface area contributed by atoms with Gasteiger partial charge in [0.15, 0.2) is 11.6 Å². The van der Waals surface area contributed by atoms with Gasteiger partial charge in [-0.1, -0.05) is 81.2 Å².